The van der Waals surface area contributed by atoms with Gasteiger partial charge in [0.25, 0.3) is 0 Å². The molecule has 2 rings (SSSR count). The van der Waals surface area contributed by atoms with Crippen LogP contribution in [0.4, 0.5) is 4.39 Å². The lowest BCUT2D eigenvalue weighted by Gasteiger charge is -2.09. The molecule has 0 aliphatic heterocycles. The van der Waals surface area contributed by atoms with E-state index in [1.54, 1.807) is 18.2 Å². The van der Waals surface area contributed by atoms with Crippen LogP contribution in [0.2, 0.25) is 0 Å². The smallest absolute Gasteiger partial charge is 0.138 e. The second-order valence-electron chi connectivity index (χ2n) is 4.20. The zero-order chi connectivity index (χ0) is 15.1. The van der Waals surface area contributed by atoms with Crippen LogP contribution in [0.25, 0.3) is 0 Å². The van der Waals surface area contributed by atoms with Crippen LogP contribution in [0.5, 0.6) is 5.75 Å². The summed E-state index contributed by atoms with van der Waals surface area (Å²) >= 11 is 0. The number of benzene rings is 2. The molecule has 0 saturated heterocycles. The van der Waals surface area contributed by atoms with Gasteiger partial charge in [0.2, 0.25) is 0 Å². The Hall–Kier alpha value is -2.82. The maximum atomic E-state index is 13.3. The van der Waals surface area contributed by atoms with Crippen LogP contribution in [0.1, 0.15) is 16.7 Å². The third-order valence-electron chi connectivity index (χ3n) is 2.70. The minimum atomic E-state index is -0.426. The van der Waals surface area contributed by atoms with Crippen LogP contribution in [-0.2, 0) is 6.61 Å². The fraction of sp³-hybridized carbons (Fsp3) is 0.118. The van der Waals surface area contributed by atoms with Gasteiger partial charge in [0, 0.05) is 6.07 Å². The Balaban J connectivity index is 2.19. The molecule has 0 heterocycles. The van der Waals surface area contributed by atoms with Crippen molar-refractivity contribution in [3.05, 3.63) is 65.0 Å². The summed E-state index contributed by atoms with van der Waals surface area (Å²) in [7, 11) is 0. The Kier molecular flexibility index (Phi) is 4.93. The summed E-state index contributed by atoms with van der Waals surface area (Å²) in [5.74, 6) is 5.08. The van der Waals surface area contributed by atoms with Crippen LogP contribution in [0.3, 0.4) is 0 Å². The molecule has 0 saturated carbocycles. The summed E-state index contributed by atoms with van der Waals surface area (Å²) in [5, 5.41) is 17.6. The lowest BCUT2D eigenvalue weighted by Crippen LogP contribution is -1.98. The van der Waals surface area contributed by atoms with Gasteiger partial charge < -0.3 is 9.84 Å². The lowest BCUT2D eigenvalue weighted by molar-refractivity contribution is 0.303. The molecule has 4 heteroatoms. The molecule has 0 aliphatic carbocycles. The van der Waals surface area contributed by atoms with E-state index in [-0.39, 0.29) is 13.2 Å². The molecular formula is C17H12FNO2. The molecule has 0 spiro atoms. The lowest BCUT2D eigenvalue weighted by atomic mass is 10.1. The van der Waals surface area contributed by atoms with E-state index < -0.39 is 5.82 Å². The summed E-state index contributed by atoms with van der Waals surface area (Å²) < 4.78 is 18.9. The maximum absolute atomic E-state index is 13.3. The van der Waals surface area contributed by atoms with Crippen molar-refractivity contribution < 1.29 is 14.2 Å². The molecule has 0 radical (unpaired) electrons. The average Bonchev–Trinajstić information content (AvgIpc) is 2.52. The standard InChI is InChI=1S/C17H12FNO2/c18-16-7-6-15(5-2-8-20)17(10-16)21-12-14-4-1-3-13(9-14)11-19/h1,3-4,6-7,9-10,20H,8,12H2. The Morgan fingerprint density at radius 1 is 1.19 bits per heavy atom. The largest absolute Gasteiger partial charge is 0.487 e. The molecule has 2 aromatic rings. The molecule has 2 aromatic carbocycles. The number of rotatable bonds is 3. The summed E-state index contributed by atoms with van der Waals surface area (Å²) in [4.78, 5) is 0. The summed E-state index contributed by atoms with van der Waals surface area (Å²) in [5.41, 5.74) is 1.84. The van der Waals surface area contributed by atoms with Crippen molar-refractivity contribution in [1.82, 2.24) is 0 Å². The number of nitrogens with zero attached hydrogens (tertiary/aromatic N) is 1. The number of hydrogen-bond donors (Lipinski definition) is 1. The number of hydrogen-bond acceptors (Lipinski definition) is 3. The highest BCUT2D eigenvalue weighted by molar-refractivity contribution is 5.46. The predicted octanol–water partition coefficient (Wildman–Crippen LogP) is 2.62. The first-order valence-corrected chi connectivity index (χ1v) is 6.24. The number of nitriles is 1. The molecule has 3 nitrogen and oxygen atoms in total. The minimum Gasteiger partial charge on any atom is -0.487 e. The van der Waals surface area contributed by atoms with Crippen molar-refractivity contribution in [1.29, 1.82) is 5.26 Å². The van der Waals surface area contributed by atoms with Crippen molar-refractivity contribution in [2.45, 2.75) is 6.61 Å². The van der Waals surface area contributed by atoms with Crippen molar-refractivity contribution in [3.8, 4) is 23.7 Å². The van der Waals surface area contributed by atoms with Crippen LogP contribution >= 0.6 is 0 Å². The zero-order valence-corrected chi connectivity index (χ0v) is 11.1. The van der Waals surface area contributed by atoms with Gasteiger partial charge in [0.05, 0.1) is 17.2 Å². The first kappa shape index (κ1) is 14.6. The second kappa shape index (κ2) is 7.09. The van der Waals surface area contributed by atoms with Crippen LogP contribution in [-0.4, -0.2) is 11.7 Å². The molecule has 1 N–H and O–H groups in total. The first-order chi connectivity index (χ1) is 10.2. The maximum Gasteiger partial charge on any atom is 0.138 e. The number of halogens is 1. The van der Waals surface area contributed by atoms with Crippen LogP contribution in [0, 0.1) is 29.0 Å². The van der Waals surface area contributed by atoms with Gasteiger partial charge in [-0.3, -0.25) is 0 Å². The molecule has 0 aliphatic rings. The molecule has 0 fully saturated rings. The number of aliphatic hydroxyl groups excluding tert-OH is 1. The highest BCUT2D eigenvalue weighted by Gasteiger charge is 2.04. The van der Waals surface area contributed by atoms with Crippen LogP contribution in [0.15, 0.2) is 42.5 Å². The number of ether oxygens (including phenoxy) is 1. The van der Waals surface area contributed by atoms with Gasteiger partial charge in [-0.2, -0.15) is 5.26 Å². The molecule has 104 valence electrons. The fourth-order valence-corrected chi connectivity index (χ4v) is 1.75. The monoisotopic (exact) mass is 281 g/mol. The van der Waals surface area contributed by atoms with Crippen molar-refractivity contribution in [2.75, 3.05) is 6.61 Å². The first-order valence-electron chi connectivity index (χ1n) is 6.24. The fourth-order valence-electron chi connectivity index (χ4n) is 1.75. The van der Waals surface area contributed by atoms with Crippen molar-refractivity contribution >= 4 is 0 Å². The molecule has 0 bridgehead atoms. The zero-order valence-electron chi connectivity index (χ0n) is 11.1. The second-order valence-corrected chi connectivity index (χ2v) is 4.20. The molecule has 0 amide bonds. The van der Waals surface area contributed by atoms with Crippen molar-refractivity contribution in [3.63, 3.8) is 0 Å². The summed E-state index contributed by atoms with van der Waals surface area (Å²) in [6.45, 7) is -0.0756. The summed E-state index contributed by atoms with van der Waals surface area (Å²) in [6, 6.07) is 13.1. The van der Waals surface area contributed by atoms with E-state index in [4.69, 9.17) is 15.1 Å². The van der Waals surface area contributed by atoms with Gasteiger partial charge in [-0.15, -0.1) is 0 Å². The Morgan fingerprint density at radius 3 is 2.81 bits per heavy atom. The topological polar surface area (TPSA) is 53.2 Å². The number of aliphatic hydroxyl groups is 1. The van der Waals surface area contributed by atoms with Crippen LogP contribution < -0.4 is 4.74 Å². The van der Waals surface area contributed by atoms with Crippen molar-refractivity contribution in [2.24, 2.45) is 0 Å². The third-order valence-corrected chi connectivity index (χ3v) is 2.70. The summed E-state index contributed by atoms with van der Waals surface area (Å²) in [6.07, 6.45) is 0. The van der Waals surface area contributed by atoms with Gasteiger partial charge in [-0.1, -0.05) is 24.0 Å². The predicted molar refractivity (Wildman–Crippen MR) is 75.9 cm³/mol. The van der Waals surface area contributed by atoms with E-state index in [1.165, 1.54) is 18.2 Å². The molecule has 0 unspecified atom stereocenters. The Morgan fingerprint density at radius 2 is 2.05 bits per heavy atom. The van der Waals surface area contributed by atoms with E-state index in [9.17, 15) is 4.39 Å². The normalized spacial score (nSPS) is 9.38. The average molecular weight is 281 g/mol. The van der Waals surface area contributed by atoms with E-state index in [1.807, 2.05) is 12.1 Å². The van der Waals surface area contributed by atoms with E-state index in [2.05, 4.69) is 11.8 Å². The highest BCUT2D eigenvalue weighted by atomic mass is 19.1. The van der Waals surface area contributed by atoms with Gasteiger partial charge in [0.1, 0.15) is 24.8 Å². The molecule has 21 heavy (non-hydrogen) atoms. The SMILES string of the molecule is N#Cc1cccc(COc2cc(F)ccc2C#CCO)c1. The van der Waals surface area contributed by atoms with Gasteiger partial charge in [-0.25, -0.2) is 4.39 Å². The van der Waals surface area contributed by atoms with Gasteiger partial charge in [-0.05, 0) is 29.8 Å². The van der Waals surface area contributed by atoms with E-state index in [0.717, 1.165) is 5.56 Å². The Labute approximate surface area is 122 Å². The molecule has 0 atom stereocenters. The molecule has 0 aromatic heterocycles. The third kappa shape index (κ3) is 4.07. The quantitative estimate of drug-likeness (QED) is 0.880. The van der Waals surface area contributed by atoms with Gasteiger partial charge >= 0.3 is 0 Å². The van der Waals surface area contributed by atoms with Gasteiger partial charge in [0.15, 0.2) is 0 Å². The minimum absolute atomic E-state index is 0.201. The highest BCUT2D eigenvalue weighted by Crippen LogP contribution is 2.20. The van der Waals surface area contributed by atoms with E-state index in [0.29, 0.717) is 16.9 Å². The Bertz CT molecular complexity index is 738. The molecular weight excluding hydrogens is 269 g/mol. The van der Waals surface area contributed by atoms with E-state index >= 15 is 0 Å².